The van der Waals surface area contributed by atoms with Gasteiger partial charge in [0.15, 0.2) is 5.96 Å². The van der Waals surface area contributed by atoms with Crippen LogP contribution in [0, 0.1) is 26.7 Å². The van der Waals surface area contributed by atoms with E-state index in [1.807, 2.05) is 11.0 Å². The first kappa shape index (κ1) is 27.2. The van der Waals surface area contributed by atoms with E-state index >= 15 is 0 Å². The summed E-state index contributed by atoms with van der Waals surface area (Å²) >= 11 is 0. The molecule has 1 unspecified atom stereocenters. The minimum Gasteiger partial charge on any atom is -0.357 e. The Bertz CT molecular complexity index is 906. The molecular formula is C27H39IN4O. The quantitative estimate of drug-likeness (QED) is 0.271. The Morgan fingerprint density at radius 2 is 1.76 bits per heavy atom. The van der Waals surface area contributed by atoms with Crippen molar-refractivity contribution in [2.45, 2.75) is 47.0 Å². The third-order valence-corrected chi connectivity index (χ3v) is 6.17. The lowest BCUT2D eigenvalue weighted by Gasteiger charge is -2.17. The average molecular weight is 563 g/mol. The van der Waals surface area contributed by atoms with Gasteiger partial charge in [-0.05, 0) is 62.8 Å². The van der Waals surface area contributed by atoms with Crippen molar-refractivity contribution < 1.29 is 4.79 Å². The summed E-state index contributed by atoms with van der Waals surface area (Å²) in [5.74, 6) is 1.38. The molecule has 5 nitrogen and oxygen atoms in total. The molecule has 1 saturated heterocycles. The van der Waals surface area contributed by atoms with Gasteiger partial charge in [-0.3, -0.25) is 9.79 Å². The zero-order chi connectivity index (χ0) is 22.9. The Morgan fingerprint density at radius 3 is 2.42 bits per heavy atom. The predicted molar refractivity (Wildman–Crippen MR) is 149 cm³/mol. The summed E-state index contributed by atoms with van der Waals surface area (Å²) in [6.45, 7) is 12.5. The molecule has 33 heavy (non-hydrogen) atoms. The first-order chi connectivity index (χ1) is 15.5. The van der Waals surface area contributed by atoms with Crippen LogP contribution in [0.5, 0.6) is 0 Å². The topological polar surface area (TPSA) is 56.7 Å². The molecule has 2 aromatic carbocycles. The molecule has 2 N–H and O–H groups in total. The fourth-order valence-electron chi connectivity index (χ4n) is 4.57. The number of likely N-dealkylation sites (tertiary alicyclic amines) is 1. The van der Waals surface area contributed by atoms with E-state index in [1.165, 1.54) is 27.8 Å². The van der Waals surface area contributed by atoms with Crippen LogP contribution < -0.4 is 10.6 Å². The third-order valence-electron chi connectivity index (χ3n) is 6.17. The number of nitrogens with one attached hydrogen (secondary N) is 2. The molecule has 0 aliphatic carbocycles. The molecule has 180 valence electrons. The van der Waals surface area contributed by atoms with Crippen LogP contribution in [0.3, 0.4) is 0 Å². The second kappa shape index (κ2) is 13.6. The van der Waals surface area contributed by atoms with Gasteiger partial charge >= 0.3 is 0 Å². The van der Waals surface area contributed by atoms with Crippen molar-refractivity contribution in [2.24, 2.45) is 10.9 Å². The predicted octanol–water partition coefficient (Wildman–Crippen LogP) is 4.42. The first-order valence-electron chi connectivity index (χ1n) is 11.9. The van der Waals surface area contributed by atoms with Crippen LogP contribution >= 0.6 is 24.0 Å². The Kier molecular flexibility index (Phi) is 11.2. The number of guanidine groups is 1. The van der Waals surface area contributed by atoms with Crippen molar-refractivity contribution in [3.63, 3.8) is 0 Å². The summed E-state index contributed by atoms with van der Waals surface area (Å²) in [7, 11) is 0. The molecule has 1 aliphatic heterocycles. The van der Waals surface area contributed by atoms with Gasteiger partial charge in [0, 0.05) is 45.1 Å². The van der Waals surface area contributed by atoms with Gasteiger partial charge in [0.05, 0.1) is 0 Å². The van der Waals surface area contributed by atoms with Gasteiger partial charge in [0.2, 0.25) is 5.91 Å². The number of nitrogens with zero attached hydrogens (tertiary/aromatic N) is 2. The summed E-state index contributed by atoms with van der Waals surface area (Å²) in [5.41, 5.74) is 6.71. The van der Waals surface area contributed by atoms with Crippen molar-refractivity contribution in [3.8, 4) is 0 Å². The molecule has 3 rings (SSSR count). The van der Waals surface area contributed by atoms with Gasteiger partial charge in [-0.2, -0.15) is 0 Å². The highest BCUT2D eigenvalue weighted by atomic mass is 127. The minimum absolute atomic E-state index is 0. The number of aliphatic imine (C=N–C) groups is 1. The lowest BCUT2D eigenvalue weighted by Crippen LogP contribution is -2.39. The molecule has 6 heteroatoms. The van der Waals surface area contributed by atoms with Gasteiger partial charge in [-0.15, -0.1) is 24.0 Å². The van der Waals surface area contributed by atoms with Gasteiger partial charge in [-0.1, -0.05) is 48.0 Å². The van der Waals surface area contributed by atoms with Crippen LogP contribution in [0.1, 0.15) is 41.2 Å². The number of halogens is 1. The van der Waals surface area contributed by atoms with E-state index in [4.69, 9.17) is 4.99 Å². The highest BCUT2D eigenvalue weighted by molar-refractivity contribution is 14.0. The minimum atomic E-state index is 0. The molecule has 1 fully saturated rings. The molecule has 2 aromatic rings. The summed E-state index contributed by atoms with van der Waals surface area (Å²) < 4.78 is 0. The standard InChI is InChI=1S/C27H38N4O.HI/c1-5-28-27(29-13-11-25-21(3)15-20(2)16-22(25)4)30-18-24-17-26(32)31(19-24)14-12-23-9-7-6-8-10-23;/h6-10,15-16,24H,5,11-14,17-19H2,1-4H3,(H2,28,29,30);1H. The maximum atomic E-state index is 12.4. The zero-order valence-electron chi connectivity index (χ0n) is 20.5. The molecular weight excluding hydrogens is 523 g/mol. The fraction of sp³-hybridized carbons (Fsp3) is 0.481. The lowest BCUT2D eigenvalue weighted by molar-refractivity contribution is -0.127. The molecule has 1 aliphatic rings. The van der Waals surface area contributed by atoms with E-state index < -0.39 is 0 Å². The molecule has 1 atom stereocenters. The SMILES string of the molecule is CCNC(=NCC1CC(=O)N(CCc2ccccc2)C1)NCCc1c(C)cc(C)cc1C.I. The van der Waals surface area contributed by atoms with Crippen LogP contribution in [0.25, 0.3) is 0 Å². The van der Waals surface area contributed by atoms with E-state index in [0.717, 1.165) is 45.0 Å². The Morgan fingerprint density at radius 1 is 1.06 bits per heavy atom. The van der Waals surface area contributed by atoms with Crippen molar-refractivity contribution in [3.05, 3.63) is 70.3 Å². The van der Waals surface area contributed by atoms with Crippen LogP contribution in [0.15, 0.2) is 47.5 Å². The van der Waals surface area contributed by atoms with Gasteiger partial charge in [-0.25, -0.2) is 0 Å². The van der Waals surface area contributed by atoms with E-state index in [9.17, 15) is 4.79 Å². The van der Waals surface area contributed by atoms with Crippen LogP contribution in [0.2, 0.25) is 0 Å². The average Bonchev–Trinajstić information content (AvgIpc) is 3.12. The van der Waals surface area contributed by atoms with E-state index in [2.05, 4.69) is 74.7 Å². The molecule has 1 heterocycles. The normalized spacial score (nSPS) is 16.0. The maximum absolute atomic E-state index is 12.4. The molecule has 0 saturated carbocycles. The molecule has 0 spiro atoms. The van der Waals surface area contributed by atoms with Gasteiger partial charge in [0.25, 0.3) is 0 Å². The number of hydrogen-bond donors (Lipinski definition) is 2. The lowest BCUT2D eigenvalue weighted by atomic mass is 9.97. The van der Waals surface area contributed by atoms with Crippen molar-refractivity contribution >= 4 is 35.8 Å². The van der Waals surface area contributed by atoms with Gasteiger partial charge < -0.3 is 15.5 Å². The molecule has 0 aromatic heterocycles. The van der Waals surface area contributed by atoms with Crippen LogP contribution in [-0.4, -0.2) is 49.5 Å². The maximum Gasteiger partial charge on any atom is 0.223 e. The third kappa shape index (κ3) is 8.32. The Labute approximate surface area is 216 Å². The highest BCUT2D eigenvalue weighted by Gasteiger charge is 2.29. The van der Waals surface area contributed by atoms with E-state index in [0.29, 0.717) is 13.0 Å². The van der Waals surface area contributed by atoms with Crippen LogP contribution in [-0.2, 0) is 17.6 Å². The molecule has 0 bridgehead atoms. The van der Waals surface area contributed by atoms with Crippen molar-refractivity contribution in [2.75, 3.05) is 32.7 Å². The molecule has 0 radical (unpaired) electrons. The smallest absolute Gasteiger partial charge is 0.223 e. The summed E-state index contributed by atoms with van der Waals surface area (Å²) in [5, 5.41) is 6.81. The second-order valence-corrected chi connectivity index (χ2v) is 8.92. The first-order valence-corrected chi connectivity index (χ1v) is 11.9. The van der Waals surface area contributed by atoms with Crippen molar-refractivity contribution in [1.29, 1.82) is 0 Å². The fourth-order valence-corrected chi connectivity index (χ4v) is 4.57. The second-order valence-electron chi connectivity index (χ2n) is 8.92. The van der Waals surface area contributed by atoms with E-state index in [-0.39, 0.29) is 35.8 Å². The van der Waals surface area contributed by atoms with Crippen molar-refractivity contribution in [1.82, 2.24) is 15.5 Å². The Balaban J connectivity index is 0.00000385. The number of hydrogen-bond acceptors (Lipinski definition) is 2. The number of carbonyl (C=O) groups is 1. The Hall–Kier alpha value is -2.09. The zero-order valence-corrected chi connectivity index (χ0v) is 22.8. The number of rotatable bonds is 9. The largest absolute Gasteiger partial charge is 0.357 e. The number of carbonyl (C=O) groups excluding carboxylic acids is 1. The van der Waals surface area contributed by atoms with Crippen LogP contribution in [0.4, 0.5) is 0 Å². The number of aryl methyl sites for hydroxylation is 3. The highest BCUT2D eigenvalue weighted by Crippen LogP contribution is 2.19. The van der Waals surface area contributed by atoms with Gasteiger partial charge in [0.1, 0.15) is 0 Å². The summed E-state index contributed by atoms with van der Waals surface area (Å²) in [6, 6.07) is 14.9. The summed E-state index contributed by atoms with van der Waals surface area (Å²) in [6.07, 6.45) is 2.47. The molecule has 1 amide bonds. The van der Waals surface area contributed by atoms with E-state index in [1.54, 1.807) is 0 Å². The number of benzene rings is 2. The monoisotopic (exact) mass is 562 g/mol. The summed E-state index contributed by atoms with van der Waals surface area (Å²) in [4.78, 5) is 19.2. The number of amides is 1.